The zero-order chi connectivity index (χ0) is 14.8. The Hall–Kier alpha value is -1.37. The second-order valence-electron chi connectivity index (χ2n) is 5.66. The molecule has 0 bridgehead atoms. The first kappa shape index (κ1) is 19.7. The van der Waals surface area contributed by atoms with E-state index in [1.165, 1.54) is 12.1 Å². The lowest BCUT2D eigenvalue weighted by atomic mass is 10.1. The molecule has 1 aliphatic rings. The lowest BCUT2D eigenvalue weighted by Gasteiger charge is -2.09. The lowest BCUT2D eigenvalue weighted by Crippen LogP contribution is -2.32. The molecule has 1 aromatic carbocycles. The van der Waals surface area contributed by atoms with Crippen molar-refractivity contribution in [2.75, 3.05) is 6.54 Å². The molecule has 1 heterocycles. The Morgan fingerprint density at radius 3 is 2.87 bits per heavy atom. The third kappa shape index (κ3) is 4.80. The molecule has 1 fully saturated rings. The molecule has 5 nitrogen and oxygen atoms in total. The summed E-state index contributed by atoms with van der Waals surface area (Å²) in [6.45, 7) is 0.521. The van der Waals surface area contributed by atoms with E-state index in [-0.39, 0.29) is 48.5 Å². The van der Waals surface area contributed by atoms with Crippen molar-refractivity contribution >= 4 is 41.8 Å². The molecule has 1 aromatic heterocycles. The maximum absolute atomic E-state index is 13.1. The Bertz CT molecular complexity index is 664. The van der Waals surface area contributed by atoms with E-state index in [4.69, 9.17) is 5.73 Å². The summed E-state index contributed by atoms with van der Waals surface area (Å²) in [6.07, 6.45) is 3.17. The van der Waals surface area contributed by atoms with Crippen LogP contribution in [-0.4, -0.2) is 28.5 Å². The van der Waals surface area contributed by atoms with Crippen LogP contribution in [0.25, 0.3) is 11.0 Å². The highest BCUT2D eigenvalue weighted by molar-refractivity contribution is 5.85. The summed E-state index contributed by atoms with van der Waals surface area (Å²) in [4.78, 5) is 19.4. The standard InChI is InChI=1S/C15H19FN4O.2ClH/c16-10-2-4-12-13(8-10)20-14(19-12)5-6-18-15(21)9-1-3-11(17)7-9;;/h2,4,8-9,11H,1,3,5-7,17H2,(H,18,21)(H,19,20);2*1H. The van der Waals surface area contributed by atoms with Gasteiger partial charge >= 0.3 is 0 Å². The number of amides is 1. The number of halogens is 3. The number of carbonyl (C=O) groups excluding carboxylic acids is 1. The molecule has 1 aliphatic carbocycles. The monoisotopic (exact) mass is 362 g/mol. The van der Waals surface area contributed by atoms with Crippen LogP contribution in [0.15, 0.2) is 18.2 Å². The second kappa shape index (κ2) is 8.47. The fourth-order valence-electron chi connectivity index (χ4n) is 2.86. The van der Waals surface area contributed by atoms with Crippen molar-refractivity contribution in [3.63, 3.8) is 0 Å². The topological polar surface area (TPSA) is 83.8 Å². The summed E-state index contributed by atoms with van der Waals surface area (Å²) < 4.78 is 13.1. The predicted molar refractivity (Wildman–Crippen MR) is 92.6 cm³/mol. The van der Waals surface area contributed by atoms with Gasteiger partial charge in [-0.15, -0.1) is 24.8 Å². The van der Waals surface area contributed by atoms with Crippen molar-refractivity contribution in [3.8, 4) is 0 Å². The van der Waals surface area contributed by atoms with Crippen LogP contribution in [0.4, 0.5) is 4.39 Å². The minimum absolute atomic E-state index is 0. The first-order valence-corrected chi connectivity index (χ1v) is 7.29. The van der Waals surface area contributed by atoms with Gasteiger partial charge in [-0.1, -0.05) is 0 Å². The van der Waals surface area contributed by atoms with Gasteiger partial charge in [-0.3, -0.25) is 4.79 Å². The zero-order valence-electron chi connectivity index (χ0n) is 12.5. The molecule has 4 N–H and O–H groups in total. The SMILES string of the molecule is Cl.Cl.NC1CCC(C(=O)NCCc2nc3ccc(F)cc3[nH]2)C1. The molecule has 0 aliphatic heterocycles. The maximum atomic E-state index is 13.1. The van der Waals surface area contributed by atoms with E-state index in [9.17, 15) is 9.18 Å². The molecule has 0 spiro atoms. The van der Waals surface area contributed by atoms with Crippen LogP contribution in [0.5, 0.6) is 0 Å². The van der Waals surface area contributed by atoms with Crippen LogP contribution in [0, 0.1) is 11.7 Å². The molecular weight excluding hydrogens is 342 g/mol. The fraction of sp³-hybridized carbons (Fsp3) is 0.467. The largest absolute Gasteiger partial charge is 0.355 e. The molecule has 2 atom stereocenters. The molecule has 8 heteroatoms. The van der Waals surface area contributed by atoms with Gasteiger partial charge in [0.15, 0.2) is 0 Å². The van der Waals surface area contributed by atoms with Crippen LogP contribution in [0.2, 0.25) is 0 Å². The summed E-state index contributed by atoms with van der Waals surface area (Å²) in [5.74, 6) is 0.581. The molecule has 0 radical (unpaired) electrons. The Balaban J connectivity index is 0.00000132. The number of hydrogen-bond donors (Lipinski definition) is 3. The van der Waals surface area contributed by atoms with Crippen molar-refractivity contribution in [2.45, 2.75) is 31.7 Å². The molecule has 128 valence electrons. The first-order valence-electron chi connectivity index (χ1n) is 7.29. The van der Waals surface area contributed by atoms with E-state index in [0.29, 0.717) is 18.5 Å². The molecular formula is C15H21Cl2FN4O. The third-order valence-corrected chi connectivity index (χ3v) is 4.00. The quantitative estimate of drug-likeness (QED) is 0.780. The highest BCUT2D eigenvalue weighted by Gasteiger charge is 2.27. The summed E-state index contributed by atoms with van der Waals surface area (Å²) in [7, 11) is 0. The summed E-state index contributed by atoms with van der Waals surface area (Å²) in [5.41, 5.74) is 7.23. The summed E-state index contributed by atoms with van der Waals surface area (Å²) >= 11 is 0. The minimum Gasteiger partial charge on any atom is -0.355 e. The van der Waals surface area contributed by atoms with Crippen molar-refractivity contribution in [1.29, 1.82) is 0 Å². The number of nitrogens with two attached hydrogens (primary N) is 1. The molecule has 2 unspecified atom stereocenters. The van der Waals surface area contributed by atoms with Crippen molar-refractivity contribution < 1.29 is 9.18 Å². The van der Waals surface area contributed by atoms with Gasteiger partial charge < -0.3 is 16.0 Å². The van der Waals surface area contributed by atoms with E-state index < -0.39 is 0 Å². The van der Waals surface area contributed by atoms with Gasteiger partial charge in [-0.25, -0.2) is 9.37 Å². The van der Waals surface area contributed by atoms with Crippen LogP contribution in [-0.2, 0) is 11.2 Å². The number of fused-ring (bicyclic) bond motifs is 1. The number of hydrogen-bond acceptors (Lipinski definition) is 3. The first-order chi connectivity index (χ1) is 10.1. The number of aromatic nitrogens is 2. The number of H-pyrrole nitrogens is 1. The molecule has 1 amide bonds. The van der Waals surface area contributed by atoms with E-state index >= 15 is 0 Å². The number of nitrogens with zero attached hydrogens (tertiary/aromatic N) is 1. The Morgan fingerprint density at radius 1 is 1.39 bits per heavy atom. The Morgan fingerprint density at radius 2 is 2.17 bits per heavy atom. The van der Waals surface area contributed by atoms with Gasteiger partial charge in [0.2, 0.25) is 5.91 Å². The van der Waals surface area contributed by atoms with E-state index in [2.05, 4.69) is 15.3 Å². The van der Waals surface area contributed by atoms with E-state index in [1.54, 1.807) is 6.07 Å². The average molecular weight is 363 g/mol. The van der Waals surface area contributed by atoms with E-state index in [0.717, 1.165) is 30.6 Å². The van der Waals surface area contributed by atoms with Crippen LogP contribution >= 0.6 is 24.8 Å². The van der Waals surface area contributed by atoms with Crippen LogP contribution in [0.3, 0.4) is 0 Å². The zero-order valence-corrected chi connectivity index (χ0v) is 14.2. The molecule has 0 saturated heterocycles. The summed E-state index contributed by atoms with van der Waals surface area (Å²) in [5, 5.41) is 2.92. The number of nitrogens with one attached hydrogen (secondary N) is 2. The number of imidazole rings is 1. The van der Waals surface area contributed by atoms with Gasteiger partial charge in [0.05, 0.1) is 11.0 Å². The van der Waals surface area contributed by atoms with Crippen molar-refractivity contribution in [3.05, 3.63) is 29.8 Å². The van der Waals surface area contributed by atoms with Gasteiger partial charge in [0.1, 0.15) is 11.6 Å². The van der Waals surface area contributed by atoms with Gasteiger partial charge in [0, 0.05) is 24.9 Å². The predicted octanol–water partition coefficient (Wildman–Crippen LogP) is 2.33. The fourth-order valence-corrected chi connectivity index (χ4v) is 2.86. The molecule has 1 saturated carbocycles. The highest BCUT2D eigenvalue weighted by Crippen LogP contribution is 2.23. The highest BCUT2D eigenvalue weighted by atomic mass is 35.5. The molecule has 23 heavy (non-hydrogen) atoms. The van der Waals surface area contributed by atoms with Crippen LogP contribution < -0.4 is 11.1 Å². The number of aromatic amines is 1. The number of carbonyl (C=O) groups is 1. The number of rotatable bonds is 4. The van der Waals surface area contributed by atoms with Crippen molar-refractivity contribution in [1.82, 2.24) is 15.3 Å². The Kier molecular flexibility index (Phi) is 7.25. The Labute approximate surface area is 146 Å². The minimum atomic E-state index is -0.288. The maximum Gasteiger partial charge on any atom is 0.223 e. The lowest BCUT2D eigenvalue weighted by molar-refractivity contribution is -0.124. The number of benzene rings is 1. The summed E-state index contributed by atoms with van der Waals surface area (Å²) in [6, 6.07) is 4.61. The molecule has 2 aromatic rings. The smallest absolute Gasteiger partial charge is 0.223 e. The van der Waals surface area contributed by atoms with E-state index in [1.807, 2.05) is 0 Å². The van der Waals surface area contributed by atoms with Crippen LogP contribution in [0.1, 0.15) is 25.1 Å². The van der Waals surface area contributed by atoms with Gasteiger partial charge in [-0.2, -0.15) is 0 Å². The normalized spacial score (nSPS) is 19.9. The average Bonchev–Trinajstić information content (AvgIpc) is 3.04. The molecule has 3 rings (SSSR count). The van der Waals surface area contributed by atoms with Gasteiger partial charge in [0.25, 0.3) is 0 Å². The second-order valence-corrected chi connectivity index (χ2v) is 5.66. The van der Waals surface area contributed by atoms with Gasteiger partial charge in [-0.05, 0) is 37.5 Å². The third-order valence-electron chi connectivity index (χ3n) is 4.00. The van der Waals surface area contributed by atoms with Crippen molar-refractivity contribution in [2.24, 2.45) is 11.7 Å².